The fourth-order valence-corrected chi connectivity index (χ4v) is 1.78. The van der Waals surface area contributed by atoms with Crippen LogP contribution in [0.1, 0.15) is 17.3 Å². The fraction of sp³-hybridized carbons (Fsp3) is 0.250. The summed E-state index contributed by atoms with van der Waals surface area (Å²) in [6.45, 7) is 0. The molecule has 0 bridgehead atoms. The van der Waals surface area contributed by atoms with Gasteiger partial charge in [0.1, 0.15) is 5.82 Å². The summed E-state index contributed by atoms with van der Waals surface area (Å²) < 4.78 is 14.8. The number of nitrogens with two attached hydrogens (primary N) is 1. The highest BCUT2D eigenvalue weighted by Crippen LogP contribution is 2.17. The molecule has 0 amide bonds. The molecule has 1 unspecified atom stereocenters. The minimum atomic E-state index is -0.260. The monoisotopic (exact) mass is 234 g/mol. The summed E-state index contributed by atoms with van der Waals surface area (Å²) in [5.41, 5.74) is 4.42. The summed E-state index contributed by atoms with van der Waals surface area (Å²) in [7, 11) is 1.86. The van der Waals surface area contributed by atoms with Crippen LogP contribution in [0.15, 0.2) is 36.5 Å². The standard InChI is InChI=1S/C12H15FN4/c1-17-6-5-11(16-17)8-12(15-14)9-3-2-4-10(13)7-9/h2-7,12,15H,8,14H2,1H3. The second-order valence-electron chi connectivity index (χ2n) is 3.96. The first kappa shape index (κ1) is 11.8. The molecule has 1 heterocycles. The third kappa shape index (κ3) is 2.89. The quantitative estimate of drug-likeness (QED) is 0.619. The zero-order chi connectivity index (χ0) is 12.3. The van der Waals surface area contributed by atoms with E-state index in [2.05, 4.69) is 10.5 Å². The Balaban J connectivity index is 2.16. The number of hydrogen-bond donors (Lipinski definition) is 2. The molecule has 0 fully saturated rings. The second kappa shape index (κ2) is 5.07. The van der Waals surface area contributed by atoms with E-state index < -0.39 is 0 Å². The van der Waals surface area contributed by atoms with Crippen LogP contribution >= 0.6 is 0 Å². The molecule has 0 aliphatic heterocycles. The smallest absolute Gasteiger partial charge is 0.123 e. The maximum atomic E-state index is 13.1. The Labute approximate surface area is 99.2 Å². The molecule has 2 aromatic rings. The highest BCUT2D eigenvalue weighted by atomic mass is 19.1. The topological polar surface area (TPSA) is 55.9 Å². The largest absolute Gasteiger partial charge is 0.276 e. The fourth-order valence-electron chi connectivity index (χ4n) is 1.78. The molecule has 5 heteroatoms. The number of nitrogens with zero attached hydrogens (tertiary/aromatic N) is 2. The first-order valence-corrected chi connectivity index (χ1v) is 5.39. The zero-order valence-electron chi connectivity index (χ0n) is 9.60. The van der Waals surface area contributed by atoms with Crippen molar-refractivity contribution < 1.29 is 4.39 Å². The van der Waals surface area contributed by atoms with E-state index in [1.165, 1.54) is 12.1 Å². The number of halogens is 1. The van der Waals surface area contributed by atoms with E-state index in [1.54, 1.807) is 10.7 Å². The minimum Gasteiger partial charge on any atom is -0.276 e. The van der Waals surface area contributed by atoms with Crippen LogP contribution < -0.4 is 11.3 Å². The first-order valence-electron chi connectivity index (χ1n) is 5.39. The van der Waals surface area contributed by atoms with Crippen molar-refractivity contribution in [2.75, 3.05) is 0 Å². The number of hydrogen-bond acceptors (Lipinski definition) is 3. The van der Waals surface area contributed by atoms with Crippen molar-refractivity contribution in [3.63, 3.8) is 0 Å². The molecule has 1 aromatic heterocycles. The van der Waals surface area contributed by atoms with Gasteiger partial charge in [0.25, 0.3) is 0 Å². The van der Waals surface area contributed by atoms with Crippen LogP contribution in [0.4, 0.5) is 4.39 Å². The molecule has 1 atom stereocenters. The lowest BCUT2D eigenvalue weighted by molar-refractivity contribution is 0.535. The normalized spacial score (nSPS) is 12.6. The number of benzene rings is 1. The molecular weight excluding hydrogens is 219 g/mol. The molecule has 2 rings (SSSR count). The summed E-state index contributed by atoms with van der Waals surface area (Å²) in [6, 6.07) is 8.19. The van der Waals surface area contributed by atoms with Crippen molar-refractivity contribution in [3.8, 4) is 0 Å². The lowest BCUT2D eigenvalue weighted by Gasteiger charge is -2.15. The van der Waals surface area contributed by atoms with Crippen LogP contribution in [0, 0.1) is 5.82 Å². The van der Waals surface area contributed by atoms with Crippen LogP contribution in [-0.4, -0.2) is 9.78 Å². The van der Waals surface area contributed by atoms with E-state index in [0.29, 0.717) is 6.42 Å². The van der Waals surface area contributed by atoms with Crippen LogP contribution in [0.25, 0.3) is 0 Å². The Morgan fingerprint density at radius 3 is 2.88 bits per heavy atom. The molecule has 4 nitrogen and oxygen atoms in total. The molecule has 17 heavy (non-hydrogen) atoms. The minimum absolute atomic E-state index is 0.138. The molecule has 1 aromatic carbocycles. The molecule has 90 valence electrons. The number of nitrogens with one attached hydrogen (secondary N) is 1. The van der Waals surface area contributed by atoms with Crippen LogP contribution in [0.5, 0.6) is 0 Å². The molecular formula is C12H15FN4. The molecule has 0 radical (unpaired) electrons. The molecule has 0 saturated carbocycles. The van der Waals surface area contributed by atoms with E-state index >= 15 is 0 Å². The predicted molar refractivity (Wildman–Crippen MR) is 63.4 cm³/mol. The lowest BCUT2D eigenvalue weighted by Crippen LogP contribution is -2.29. The number of hydrazine groups is 1. The highest BCUT2D eigenvalue weighted by Gasteiger charge is 2.12. The Kier molecular flexibility index (Phi) is 3.51. The second-order valence-corrected chi connectivity index (χ2v) is 3.96. The van der Waals surface area contributed by atoms with Crippen molar-refractivity contribution in [2.45, 2.75) is 12.5 Å². The van der Waals surface area contributed by atoms with Crippen LogP contribution in [0.3, 0.4) is 0 Å². The van der Waals surface area contributed by atoms with Gasteiger partial charge < -0.3 is 0 Å². The number of aromatic nitrogens is 2. The Bertz CT molecular complexity index is 495. The van der Waals surface area contributed by atoms with Gasteiger partial charge in [-0.15, -0.1) is 0 Å². The summed E-state index contributed by atoms with van der Waals surface area (Å²) in [5.74, 6) is 5.24. The molecule has 0 aliphatic carbocycles. The van der Waals surface area contributed by atoms with Gasteiger partial charge in [-0.3, -0.25) is 16.0 Å². The molecule has 3 N–H and O–H groups in total. The van der Waals surface area contributed by atoms with Gasteiger partial charge in [0.15, 0.2) is 0 Å². The van der Waals surface area contributed by atoms with Crippen molar-refractivity contribution in [1.29, 1.82) is 0 Å². The molecule has 0 spiro atoms. The van der Waals surface area contributed by atoms with Gasteiger partial charge in [0.05, 0.1) is 11.7 Å². The third-order valence-electron chi connectivity index (χ3n) is 2.63. The van der Waals surface area contributed by atoms with Crippen molar-refractivity contribution in [2.24, 2.45) is 12.9 Å². The third-order valence-corrected chi connectivity index (χ3v) is 2.63. The van der Waals surface area contributed by atoms with Gasteiger partial charge in [-0.25, -0.2) is 4.39 Å². The van der Waals surface area contributed by atoms with Crippen molar-refractivity contribution in [1.82, 2.24) is 15.2 Å². The highest BCUT2D eigenvalue weighted by molar-refractivity contribution is 5.21. The van der Waals surface area contributed by atoms with E-state index in [1.807, 2.05) is 25.4 Å². The SMILES string of the molecule is Cn1ccc(CC(NN)c2cccc(F)c2)n1. The Morgan fingerprint density at radius 1 is 1.47 bits per heavy atom. The maximum absolute atomic E-state index is 13.1. The predicted octanol–water partition coefficient (Wildman–Crippen LogP) is 1.31. The van der Waals surface area contributed by atoms with Crippen molar-refractivity contribution in [3.05, 3.63) is 53.6 Å². The summed E-state index contributed by atoms with van der Waals surface area (Å²) in [6.07, 6.45) is 2.50. The van der Waals surface area contributed by atoms with E-state index in [4.69, 9.17) is 5.84 Å². The molecule has 0 saturated heterocycles. The van der Waals surface area contributed by atoms with Crippen molar-refractivity contribution >= 4 is 0 Å². The number of aryl methyl sites for hydroxylation is 1. The number of rotatable bonds is 4. The average molecular weight is 234 g/mol. The van der Waals surface area contributed by atoms with Gasteiger partial charge in [-0.05, 0) is 23.8 Å². The van der Waals surface area contributed by atoms with Crippen LogP contribution in [0.2, 0.25) is 0 Å². The van der Waals surface area contributed by atoms with E-state index in [0.717, 1.165) is 11.3 Å². The first-order chi connectivity index (χ1) is 8.19. The van der Waals surface area contributed by atoms with Gasteiger partial charge in [0.2, 0.25) is 0 Å². The van der Waals surface area contributed by atoms with Gasteiger partial charge in [0, 0.05) is 19.7 Å². The van der Waals surface area contributed by atoms with Gasteiger partial charge >= 0.3 is 0 Å². The van der Waals surface area contributed by atoms with E-state index in [-0.39, 0.29) is 11.9 Å². The summed E-state index contributed by atoms with van der Waals surface area (Å²) >= 11 is 0. The Morgan fingerprint density at radius 2 is 2.29 bits per heavy atom. The summed E-state index contributed by atoms with van der Waals surface area (Å²) in [4.78, 5) is 0. The van der Waals surface area contributed by atoms with E-state index in [9.17, 15) is 4.39 Å². The lowest BCUT2D eigenvalue weighted by atomic mass is 10.0. The maximum Gasteiger partial charge on any atom is 0.123 e. The zero-order valence-corrected chi connectivity index (χ0v) is 9.60. The Hall–Kier alpha value is -1.72. The summed E-state index contributed by atoms with van der Waals surface area (Å²) in [5, 5.41) is 4.27. The van der Waals surface area contributed by atoms with Crippen LogP contribution in [-0.2, 0) is 13.5 Å². The van der Waals surface area contributed by atoms with Gasteiger partial charge in [-0.2, -0.15) is 5.10 Å². The molecule has 0 aliphatic rings. The van der Waals surface area contributed by atoms with Gasteiger partial charge in [-0.1, -0.05) is 12.1 Å². The average Bonchev–Trinajstić information content (AvgIpc) is 2.72.